The Morgan fingerprint density at radius 3 is 2.73 bits per heavy atom. The van der Waals surface area contributed by atoms with Crippen molar-refractivity contribution in [1.82, 2.24) is 5.16 Å². The molecule has 0 aliphatic heterocycles. The van der Waals surface area contributed by atoms with E-state index in [1.54, 1.807) is 0 Å². The fourth-order valence-electron chi connectivity index (χ4n) is 5.54. The topological polar surface area (TPSA) is 52.3 Å². The number of alkyl halides is 1. The van der Waals surface area contributed by atoms with Gasteiger partial charge in [-0.05, 0) is 62.7 Å². The second-order valence-corrected chi connectivity index (χ2v) is 9.56. The third kappa shape index (κ3) is 2.72. The molecule has 4 aliphatic rings. The van der Waals surface area contributed by atoms with Crippen molar-refractivity contribution < 1.29 is 14.1 Å². The summed E-state index contributed by atoms with van der Waals surface area (Å²) in [7, 11) is 0. The summed E-state index contributed by atoms with van der Waals surface area (Å²) in [5.41, 5.74) is 0.859. The van der Waals surface area contributed by atoms with Gasteiger partial charge in [0.2, 0.25) is 0 Å². The van der Waals surface area contributed by atoms with Crippen LogP contribution in [0.4, 0.5) is 0 Å². The second kappa shape index (κ2) is 5.08. The van der Waals surface area contributed by atoms with E-state index in [2.05, 4.69) is 21.1 Å². The Labute approximate surface area is 139 Å². The molecule has 4 fully saturated rings. The summed E-state index contributed by atoms with van der Waals surface area (Å²) in [4.78, 5) is 12.3. The number of rotatable bonds is 4. The number of halogens is 1. The van der Waals surface area contributed by atoms with Crippen LogP contribution in [0.5, 0.6) is 0 Å². The molecule has 0 N–H and O–H groups in total. The van der Waals surface area contributed by atoms with Gasteiger partial charge in [0.05, 0.1) is 6.42 Å². The van der Waals surface area contributed by atoms with Gasteiger partial charge in [-0.3, -0.25) is 4.79 Å². The maximum absolute atomic E-state index is 12.3. The Kier molecular flexibility index (Phi) is 3.40. The van der Waals surface area contributed by atoms with Gasteiger partial charge >= 0.3 is 5.97 Å². The standard InChI is InChI=1S/C17H22BrNO3/c1-11-2-14(19-22-11)9-21-15(20)8-16-4-12-3-13(5-16)7-17(18,6-12)10-16/h2,12-13H,3-10H2,1H3/t12-,13+,16?,17?. The lowest BCUT2D eigenvalue weighted by Gasteiger charge is -2.60. The van der Waals surface area contributed by atoms with E-state index in [4.69, 9.17) is 9.26 Å². The maximum atomic E-state index is 12.3. The van der Waals surface area contributed by atoms with Gasteiger partial charge in [-0.25, -0.2) is 0 Å². The van der Waals surface area contributed by atoms with Gasteiger partial charge in [0.1, 0.15) is 18.1 Å². The van der Waals surface area contributed by atoms with Gasteiger partial charge in [-0.15, -0.1) is 0 Å². The minimum absolute atomic E-state index is 0.0845. The lowest BCUT2D eigenvalue weighted by atomic mass is 9.49. The molecule has 4 aliphatic carbocycles. The van der Waals surface area contributed by atoms with Gasteiger partial charge in [-0.2, -0.15) is 0 Å². The summed E-state index contributed by atoms with van der Waals surface area (Å²) in [6, 6.07) is 1.81. The molecule has 22 heavy (non-hydrogen) atoms. The van der Waals surface area contributed by atoms with E-state index in [1.807, 2.05) is 13.0 Å². The average Bonchev–Trinajstić information content (AvgIpc) is 2.78. The number of carbonyl (C=O) groups is 1. The highest BCUT2D eigenvalue weighted by Crippen LogP contribution is 2.65. The highest BCUT2D eigenvalue weighted by molar-refractivity contribution is 9.10. The number of aryl methyl sites for hydroxylation is 1. The molecule has 120 valence electrons. The van der Waals surface area contributed by atoms with Crippen molar-refractivity contribution in [2.45, 2.75) is 62.8 Å². The smallest absolute Gasteiger partial charge is 0.306 e. The minimum atomic E-state index is -0.0845. The fraction of sp³-hybridized carbons (Fsp3) is 0.765. The molecule has 0 aromatic carbocycles. The minimum Gasteiger partial charge on any atom is -0.459 e. The third-order valence-electron chi connectivity index (χ3n) is 5.69. The van der Waals surface area contributed by atoms with Crippen LogP contribution in [0.15, 0.2) is 10.6 Å². The Bertz CT molecular complexity index is 582. The van der Waals surface area contributed by atoms with E-state index in [9.17, 15) is 4.79 Å². The number of esters is 1. The van der Waals surface area contributed by atoms with Crippen molar-refractivity contribution in [2.75, 3.05) is 0 Å². The van der Waals surface area contributed by atoms with E-state index in [0.29, 0.717) is 16.4 Å². The number of ether oxygens (including phenoxy) is 1. The monoisotopic (exact) mass is 367 g/mol. The largest absolute Gasteiger partial charge is 0.459 e. The van der Waals surface area contributed by atoms with Gasteiger partial charge in [0.25, 0.3) is 0 Å². The van der Waals surface area contributed by atoms with Crippen LogP contribution >= 0.6 is 15.9 Å². The Balaban J connectivity index is 1.39. The zero-order chi connectivity index (χ0) is 15.4. The van der Waals surface area contributed by atoms with E-state index >= 15 is 0 Å². The number of aromatic nitrogens is 1. The van der Waals surface area contributed by atoms with Crippen LogP contribution in [0.1, 0.15) is 56.4 Å². The van der Waals surface area contributed by atoms with Gasteiger partial charge < -0.3 is 9.26 Å². The molecular weight excluding hydrogens is 346 g/mol. The fourth-order valence-corrected chi connectivity index (χ4v) is 7.05. The summed E-state index contributed by atoms with van der Waals surface area (Å²) >= 11 is 3.99. The van der Waals surface area contributed by atoms with Gasteiger partial charge in [0.15, 0.2) is 0 Å². The zero-order valence-electron chi connectivity index (χ0n) is 12.9. The normalized spacial score (nSPS) is 39.2. The zero-order valence-corrected chi connectivity index (χ0v) is 14.5. The lowest BCUT2D eigenvalue weighted by molar-refractivity contribution is -0.152. The predicted octanol–water partition coefficient (Wildman–Crippen LogP) is 4.15. The first-order chi connectivity index (χ1) is 10.4. The van der Waals surface area contributed by atoms with E-state index < -0.39 is 0 Å². The van der Waals surface area contributed by atoms with Crippen molar-refractivity contribution in [1.29, 1.82) is 0 Å². The number of nitrogens with zero attached hydrogens (tertiary/aromatic N) is 1. The molecule has 5 rings (SSSR count). The molecule has 1 heterocycles. The van der Waals surface area contributed by atoms with E-state index in [0.717, 1.165) is 24.0 Å². The molecule has 0 saturated heterocycles. The molecule has 4 bridgehead atoms. The number of hydrogen-bond acceptors (Lipinski definition) is 4. The molecule has 5 heteroatoms. The van der Waals surface area contributed by atoms with Crippen LogP contribution in [0, 0.1) is 24.2 Å². The SMILES string of the molecule is Cc1cc(COC(=O)CC23C[C@@H]4C[C@@H](CC(Br)(C4)C2)C3)no1. The molecule has 1 aromatic rings. The Hall–Kier alpha value is -0.840. The highest BCUT2D eigenvalue weighted by Gasteiger charge is 2.57. The van der Waals surface area contributed by atoms with Crippen molar-refractivity contribution in [3.63, 3.8) is 0 Å². The van der Waals surface area contributed by atoms with Crippen molar-refractivity contribution in [3.8, 4) is 0 Å². The quantitative estimate of drug-likeness (QED) is 0.592. The van der Waals surface area contributed by atoms with Gasteiger partial charge in [0, 0.05) is 10.4 Å². The van der Waals surface area contributed by atoms with Crippen LogP contribution < -0.4 is 0 Å². The number of hydrogen-bond donors (Lipinski definition) is 0. The van der Waals surface area contributed by atoms with Crippen LogP contribution in [0.3, 0.4) is 0 Å². The van der Waals surface area contributed by atoms with Crippen molar-refractivity contribution >= 4 is 21.9 Å². The first-order valence-corrected chi connectivity index (χ1v) is 9.00. The Morgan fingerprint density at radius 1 is 1.41 bits per heavy atom. The summed E-state index contributed by atoms with van der Waals surface area (Å²) < 4.78 is 10.7. The molecule has 0 spiro atoms. The van der Waals surface area contributed by atoms with E-state index in [1.165, 1.54) is 32.1 Å². The van der Waals surface area contributed by atoms with E-state index in [-0.39, 0.29) is 18.0 Å². The molecule has 4 saturated carbocycles. The molecule has 4 nitrogen and oxygen atoms in total. The summed E-state index contributed by atoms with van der Waals surface area (Å²) in [6.45, 7) is 2.06. The molecule has 0 radical (unpaired) electrons. The molecule has 4 atom stereocenters. The van der Waals surface area contributed by atoms with Crippen LogP contribution in [-0.2, 0) is 16.1 Å². The average molecular weight is 368 g/mol. The number of carbonyl (C=O) groups excluding carboxylic acids is 1. The predicted molar refractivity (Wildman–Crippen MR) is 84.4 cm³/mol. The van der Waals surface area contributed by atoms with Crippen LogP contribution in [0.2, 0.25) is 0 Å². The molecular formula is C17H22BrNO3. The van der Waals surface area contributed by atoms with Crippen molar-refractivity contribution in [2.24, 2.45) is 17.3 Å². The van der Waals surface area contributed by atoms with Crippen LogP contribution in [-0.4, -0.2) is 15.5 Å². The lowest BCUT2D eigenvalue weighted by Crippen LogP contribution is -2.53. The first kappa shape index (κ1) is 14.7. The maximum Gasteiger partial charge on any atom is 0.306 e. The Morgan fingerprint density at radius 2 is 2.14 bits per heavy atom. The first-order valence-electron chi connectivity index (χ1n) is 8.21. The molecule has 1 aromatic heterocycles. The highest BCUT2D eigenvalue weighted by atomic mass is 79.9. The second-order valence-electron chi connectivity index (χ2n) is 7.88. The summed E-state index contributed by atoms with van der Waals surface area (Å²) in [5.74, 6) is 2.25. The summed E-state index contributed by atoms with van der Waals surface area (Å²) in [5, 5.41) is 3.87. The van der Waals surface area contributed by atoms with Crippen molar-refractivity contribution in [3.05, 3.63) is 17.5 Å². The summed E-state index contributed by atoms with van der Waals surface area (Å²) in [6.07, 6.45) is 8.04. The van der Waals surface area contributed by atoms with Crippen LogP contribution in [0.25, 0.3) is 0 Å². The molecule has 2 unspecified atom stereocenters. The van der Waals surface area contributed by atoms with Gasteiger partial charge in [-0.1, -0.05) is 21.1 Å². The third-order valence-corrected chi connectivity index (χ3v) is 6.62. The molecule has 0 amide bonds.